The van der Waals surface area contributed by atoms with E-state index in [-0.39, 0.29) is 24.0 Å². The minimum Gasteiger partial charge on any atom is -0.444 e. The van der Waals surface area contributed by atoms with E-state index in [1.54, 1.807) is 68.0 Å². The first-order valence-corrected chi connectivity index (χ1v) is 14.6. The lowest BCUT2D eigenvalue weighted by Crippen LogP contribution is -2.32. The van der Waals surface area contributed by atoms with Crippen molar-refractivity contribution >= 4 is 17.7 Å². The summed E-state index contributed by atoms with van der Waals surface area (Å²) in [5, 5.41) is 17.0. The summed E-state index contributed by atoms with van der Waals surface area (Å²) in [5.74, 6) is -0.141. The van der Waals surface area contributed by atoms with E-state index in [1.165, 1.54) is 18.9 Å². The van der Waals surface area contributed by atoms with Gasteiger partial charge in [0.05, 0.1) is 17.9 Å². The van der Waals surface area contributed by atoms with Gasteiger partial charge in [0.25, 0.3) is 5.91 Å². The van der Waals surface area contributed by atoms with E-state index in [4.69, 9.17) is 4.74 Å². The van der Waals surface area contributed by atoms with Crippen LogP contribution in [-0.2, 0) is 24.5 Å². The predicted molar refractivity (Wildman–Crippen MR) is 162 cm³/mol. The maximum Gasteiger partial charge on any atom is 0.435 e. The number of hydrogen-bond donors (Lipinski definition) is 3. The van der Waals surface area contributed by atoms with Gasteiger partial charge in [-0.05, 0) is 81.5 Å². The Kier molecular flexibility index (Phi) is 9.01. The van der Waals surface area contributed by atoms with Gasteiger partial charge in [0.15, 0.2) is 5.69 Å². The summed E-state index contributed by atoms with van der Waals surface area (Å²) in [7, 11) is 1.84. The number of halogens is 3. The van der Waals surface area contributed by atoms with Crippen LogP contribution in [0.15, 0.2) is 67.0 Å². The number of nitrogens with zero attached hydrogens (tertiary/aromatic N) is 4. The van der Waals surface area contributed by atoms with Gasteiger partial charge in [-0.2, -0.15) is 23.4 Å². The smallest absolute Gasteiger partial charge is 0.435 e. The van der Waals surface area contributed by atoms with E-state index in [2.05, 4.69) is 26.1 Å². The van der Waals surface area contributed by atoms with Crippen LogP contribution in [0.5, 0.6) is 0 Å². The van der Waals surface area contributed by atoms with Crippen LogP contribution in [-0.4, -0.2) is 43.7 Å². The number of alkyl carbamates (subject to hydrolysis) is 1. The number of anilines is 1. The Morgan fingerprint density at radius 1 is 1.04 bits per heavy atom. The standard InChI is InChI=1S/C32H36F3N7O3/c1-31(2,3)45-30(44)37-17-21-7-5-10-25(13-21)42-26(15-27(40-42)32(33,34)35)29(43)39-24-9-6-8-22(14-24)28(36-16-20-11-12-20)23-18-38-41(4)19-23/h5-10,13-15,18-20,28,36H,11-12,16-17H2,1-4H3,(H,37,44)(H,39,43). The number of nitrogens with one attached hydrogen (secondary N) is 3. The molecule has 1 aliphatic carbocycles. The molecule has 1 fully saturated rings. The summed E-state index contributed by atoms with van der Waals surface area (Å²) in [6.07, 6.45) is 0.649. The lowest BCUT2D eigenvalue weighted by molar-refractivity contribution is -0.141. The third kappa shape index (κ3) is 8.50. The van der Waals surface area contributed by atoms with E-state index in [1.807, 2.05) is 19.3 Å². The first-order valence-electron chi connectivity index (χ1n) is 14.6. The summed E-state index contributed by atoms with van der Waals surface area (Å²) >= 11 is 0. The maximum atomic E-state index is 13.8. The van der Waals surface area contributed by atoms with E-state index in [0.717, 1.165) is 28.4 Å². The largest absolute Gasteiger partial charge is 0.444 e. The fourth-order valence-electron chi connectivity index (χ4n) is 4.78. The predicted octanol–water partition coefficient (Wildman–Crippen LogP) is 5.99. The van der Waals surface area contributed by atoms with Gasteiger partial charge in [-0.3, -0.25) is 9.48 Å². The lowest BCUT2D eigenvalue weighted by Gasteiger charge is -2.19. The summed E-state index contributed by atoms with van der Waals surface area (Å²) in [6, 6.07) is 14.1. The molecular formula is C32H36F3N7O3. The number of hydrogen-bond acceptors (Lipinski definition) is 6. The first kappa shape index (κ1) is 31.8. The molecule has 2 aromatic heterocycles. The number of benzene rings is 2. The summed E-state index contributed by atoms with van der Waals surface area (Å²) in [5.41, 5.74) is 0.822. The number of carbonyl (C=O) groups is 2. The quantitative estimate of drug-likeness (QED) is 0.200. The number of ether oxygens (including phenoxy) is 1. The highest BCUT2D eigenvalue weighted by Crippen LogP contribution is 2.32. The van der Waals surface area contributed by atoms with Crippen LogP contribution < -0.4 is 16.0 Å². The topological polar surface area (TPSA) is 115 Å². The van der Waals surface area contributed by atoms with Gasteiger partial charge in [0, 0.05) is 37.1 Å². The van der Waals surface area contributed by atoms with Crippen molar-refractivity contribution in [3.63, 3.8) is 0 Å². The third-order valence-corrected chi connectivity index (χ3v) is 7.07. The molecule has 1 saturated carbocycles. The second-order valence-corrected chi connectivity index (χ2v) is 12.2. The van der Waals surface area contributed by atoms with Gasteiger partial charge >= 0.3 is 12.3 Å². The van der Waals surface area contributed by atoms with E-state index in [0.29, 0.717) is 17.2 Å². The van der Waals surface area contributed by atoms with Crippen LogP contribution in [0.2, 0.25) is 0 Å². The number of amides is 2. The Hall–Kier alpha value is -4.65. The average molecular weight is 624 g/mol. The van der Waals surface area contributed by atoms with Crippen molar-refractivity contribution in [1.82, 2.24) is 30.2 Å². The Bertz CT molecular complexity index is 1670. The van der Waals surface area contributed by atoms with Crippen molar-refractivity contribution in [2.24, 2.45) is 13.0 Å². The molecule has 0 bridgehead atoms. The fourth-order valence-corrected chi connectivity index (χ4v) is 4.78. The molecule has 5 rings (SSSR count). The van der Waals surface area contributed by atoms with Gasteiger partial charge in [-0.15, -0.1) is 0 Å². The SMILES string of the molecule is Cn1cc(C(NCC2CC2)c2cccc(NC(=O)c3cc(C(F)(F)F)nn3-c3cccc(CNC(=O)OC(C)(C)C)c3)c2)cn1. The van der Waals surface area contributed by atoms with E-state index >= 15 is 0 Å². The molecule has 45 heavy (non-hydrogen) atoms. The number of aromatic nitrogens is 4. The molecule has 4 aromatic rings. The van der Waals surface area contributed by atoms with Crippen LogP contribution in [0.3, 0.4) is 0 Å². The number of carbonyl (C=O) groups excluding carboxylic acids is 2. The zero-order valence-electron chi connectivity index (χ0n) is 25.5. The Balaban J connectivity index is 1.39. The first-order chi connectivity index (χ1) is 21.2. The molecular weight excluding hydrogens is 587 g/mol. The number of aryl methyl sites for hydroxylation is 1. The second-order valence-electron chi connectivity index (χ2n) is 12.2. The molecule has 2 amide bonds. The zero-order valence-corrected chi connectivity index (χ0v) is 25.5. The molecule has 0 radical (unpaired) electrons. The van der Waals surface area contributed by atoms with Gasteiger partial charge in [-0.25, -0.2) is 9.48 Å². The van der Waals surface area contributed by atoms with E-state index in [9.17, 15) is 22.8 Å². The minimum atomic E-state index is -4.78. The van der Waals surface area contributed by atoms with Crippen molar-refractivity contribution in [2.75, 3.05) is 11.9 Å². The minimum absolute atomic E-state index is 0.0529. The molecule has 2 heterocycles. The maximum absolute atomic E-state index is 13.8. The normalized spacial score (nSPS) is 14.2. The van der Waals surface area contributed by atoms with Crippen LogP contribution in [0.25, 0.3) is 5.69 Å². The van der Waals surface area contributed by atoms with Gasteiger partial charge in [-0.1, -0.05) is 24.3 Å². The number of rotatable bonds is 10. The lowest BCUT2D eigenvalue weighted by atomic mass is 10.0. The zero-order chi connectivity index (χ0) is 32.4. The highest BCUT2D eigenvalue weighted by Gasteiger charge is 2.36. The Morgan fingerprint density at radius 3 is 2.47 bits per heavy atom. The van der Waals surface area contributed by atoms with Crippen LogP contribution in [0.1, 0.15) is 72.5 Å². The van der Waals surface area contributed by atoms with Crippen molar-refractivity contribution in [2.45, 2.75) is 58.0 Å². The van der Waals surface area contributed by atoms with Crippen LogP contribution in [0, 0.1) is 5.92 Å². The monoisotopic (exact) mass is 623 g/mol. The number of alkyl halides is 3. The highest BCUT2D eigenvalue weighted by atomic mass is 19.4. The van der Waals surface area contributed by atoms with Gasteiger partial charge in [0.2, 0.25) is 0 Å². The summed E-state index contributed by atoms with van der Waals surface area (Å²) in [6.45, 7) is 6.09. The second kappa shape index (κ2) is 12.8. The Morgan fingerprint density at radius 2 is 1.80 bits per heavy atom. The van der Waals surface area contributed by atoms with Crippen molar-refractivity contribution in [1.29, 1.82) is 0 Å². The van der Waals surface area contributed by atoms with Crippen LogP contribution in [0.4, 0.5) is 23.7 Å². The molecule has 2 aromatic carbocycles. The molecule has 0 aliphatic heterocycles. The molecule has 13 heteroatoms. The molecule has 1 aliphatic rings. The van der Waals surface area contributed by atoms with E-state index < -0.39 is 29.5 Å². The summed E-state index contributed by atoms with van der Waals surface area (Å²) < 4.78 is 49.2. The average Bonchev–Trinajstić information content (AvgIpc) is 3.49. The third-order valence-electron chi connectivity index (χ3n) is 7.07. The van der Waals surface area contributed by atoms with Gasteiger partial charge < -0.3 is 20.7 Å². The summed E-state index contributed by atoms with van der Waals surface area (Å²) in [4.78, 5) is 25.6. The van der Waals surface area contributed by atoms with Crippen molar-refractivity contribution in [3.05, 3.63) is 95.1 Å². The molecule has 1 atom stereocenters. The highest BCUT2D eigenvalue weighted by molar-refractivity contribution is 6.03. The van der Waals surface area contributed by atoms with Crippen molar-refractivity contribution < 1.29 is 27.5 Å². The molecule has 238 valence electrons. The molecule has 0 saturated heterocycles. The molecule has 1 unspecified atom stereocenters. The Labute approximate surface area is 259 Å². The molecule has 10 nitrogen and oxygen atoms in total. The molecule has 0 spiro atoms. The fraction of sp³-hybridized carbons (Fsp3) is 0.375. The van der Waals surface area contributed by atoms with Crippen molar-refractivity contribution in [3.8, 4) is 5.69 Å². The van der Waals surface area contributed by atoms with Gasteiger partial charge in [0.1, 0.15) is 11.3 Å². The molecule has 3 N–H and O–H groups in total. The van der Waals surface area contributed by atoms with Crippen LogP contribution >= 0.6 is 0 Å².